The van der Waals surface area contributed by atoms with E-state index in [1.165, 1.54) is 0 Å². The molecule has 7 atom stereocenters. The van der Waals surface area contributed by atoms with E-state index in [1.807, 2.05) is 0 Å². The molecule has 0 bridgehead atoms. The van der Waals surface area contributed by atoms with E-state index in [0.29, 0.717) is 48.6 Å². The highest BCUT2D eigenvalue weighted by atomic mass is 16.3. The summed E-state index contributed by atoms with van der Waals surface area (Å²) in [6.07, 6.45) is 8.78. The monoisotopic (exact) mass is 346 g/mol. The van der Waals surface area contributed by atoms with Gasteiger partial charge in [-0.15, -0.1) is 0 Å². The lowest BCUT2D eigenvalue weighted by atomic mass is 9.40. The van der Waals surface area contributed by atoms with Crippen LogP contribution in [0.2, 0.25) is 0 Å². The number of aliphatic hydroxyl groups is 1. The second kappa shape index (κ2) is 5.65. The molecular weight excluding hydrogens is 312 g/mol. The smallest absolute Gasteiger partial charge is 0.137 e. The Balaban J connectivity index is 1.72. The van der Waals surface area contributed by atoms with E-state index in [0.717, 1.165) is 44.9 Å². The number of fused-ring (bicyclic) bond motifs is 5. The molecule has 1 N–H and O–H groups in total. The zero-order valence-electron chi connectivity index (χ0n) is 16.1. The van der Waals surface area contributed by atoms with Gasteiger partial charge in [0, 0.05) is 30.6 Å². The molecule has 0 radical (unpaired) electrons. The molecule has 0 aliphatic heterocycles. The fraction of sp³-hybridized carbons (Fsp3) is 0.909. The molecule has 4 aliphatic rings. The molecule has 4 fully saturated rings. The average Bonchev–Trinajstić information content (AvgIpc) is 2.56. The maximum Gasteiger partial charge on any atom is 0.137 e. The van der Waals surface area contributed by atoms with Crippen LogP contribution in [0.5, 0.6) is 0 Å². The van der Waals surface area contributed by atoms with E-state index < -0.39 is 5.60 Å². The van der Waals surface area contributed by atoms with Crippen molar-refractivity contribution < 1.29 is 14.7 Å². The van der Waals surface area contributed by atoms with Gasteiger partial charge >= 0.3 is 0 Å². The number of ketones is 2. The standard InChI is InChI=1S/C22H34O3/c1-4-22(25)10-5-6-17-16-8-7-14-12-15(23)9-11-20(14,2)19(16)18(24)13-21(17,22)3/h14,16-17,19,25H,4-13H2,1-3H3/t14-,16+,17+,19-,20-,21-,22+/m0/s1. The minimum absolute atomic E-state index is 0.0109. The quantitative estimate of drug-likeness (QED) is 0.770. The summed E-state index contributed by atoms with van der Waals surface area (Å²) in [5, 5.41) is 11.4. The first-order valence-corrected chi connectivity index (χ1v) is 10.5. The zero-order valence-corrected chi connectivity index (χ0v) is 16.1. The Morgan fingerprint density at radius 2 is 1.88 bits per heavy atom. The number of hydrogen-bond acceptors (Lipinski definition) is 3. The van der Waals surface area contributed by atoms with Gasteiger partial charge in [0.1, 0.15) is 11.6 Å². The van der Waals surface area contributed by atoms with Gasteiger partial charge in [0.05, 0.1) is 5.60 Å². The summed E-state index contributed by atoms with van der Waals surface area (Å²) in [4.78, 5) is 25.4. The third kappa shape index (κ3) is 2.27. The summed E-state index contributed by atoms with van der Waals surface area (Å²) in [5.41, 5.74) is -0.931. The SMILES string of the molecule is CC[C@@]1(O)CCC[C@@H]2[C@H]3CC[C@H]4CC(=O)CC[C@]4(C)[C@@H]3C(=O)C[C@@]21C. The molecule has 4 rings (SSSR count). The number of carbonyl (C=O) groups excluding carboxylic acids is 2. The van der Waals surface area contributed by atoms with Crippen molar-refractivity contribution in [1.82, 2.24) is 0 Å². The van der Waals surface area contributed by atoms with Crippen LogP contribution in [-0.2, 0) is 9.59 Å². The largest absolute Gasteiger partial charge is 0.389 e. The maximum absolute atomic E-state index is 13.4. The van der Waals surface area contributed by atoms with Gasteiger partial charge in [-0.3, -0.25) is 9.59 Å². The van der Waals surface area contributed by atoms with Crippen molar-refractivity contribution >= 4 is 11.6 Å². The van der Waals surface area contributed by atoms with E-state index in [1.54, 1.807) is 0 Å². The first-order chi connectivity index (χ1) is 11.7. The Hall–Kier alpha value is -0.700. The van der Waals surface area contributed by atoms with Crippen molar-refractivity contribution in [3.63, 3.8) is 0 Å². The lowest BCUT2D eigenvalue weighted by Crippen LogP contribution is -2.64. The predicted octanol–water partition coefficient (Wildman–Crippen LogP) is 4.31. The Bertz CT molecular complexity index is 598. The zero-order chi connectivity index (χ0) is 18.0. The summed E-state index contributed by atoms with van der Waals surface area (Å²) >= 11 is 0. The minimum Gasteiger partial charge on any atom is -0.389 e. The molecule has 4 aliphatic carbocycles. The van der Waals surface area contributed by atoms with Crippen molar-refractivity contribution in [3.05, 3.63) is 0 Å². The van der Waals surface area contributed by atoms with E-state index in [-0.39, 0.29) is 16.7 Å². The van der Waals surface area contributed by atoms with Crippen LogP contribution in [-0.4, -0.2) is 22.3 Å². The van der Waals surface area contributed by atoms with Crippen LogP contribution in [0.25, 0.3) is 0 Å². The van der Waals surface area contributed by atoms with Crippen LogP contribution in [0.1, 0.15) is 85.0 Å². The van der Waals surface area contributed by atoms with Crippen LogP contribution < -0.4 is 0 Å². The molecule has 25 heavy (non-hydrogen) atoms. The molecule has 0 aromatic carbocycles. The molecule has 0 aromatic rings. The van der Waals surface area contributed by atoms with Gasteiger partial charge in [-0.25, -0.2) is 0 Å². The number of rotatable bonds is 1. The Labute approximate surface area is 151 Å². The Morgan fingerprint density at radius 1 is 1.12 bits per heavy atom. The average molecular weight is 347 g/mol. The molecule has 0 heterocycles. The predicted molar refractivity (Wildman–Crippen MR) is 97.0 cm³/mol. The van der Waals surface area contributed by atoms with Crippen molar-refractivity contribution in [1.29, 1.82) is 0 Å². The third-order valence-electron chi connectivity index (χ3n) is 9.31. The van der Waals surface area contributed by atoms with E-state index >= 15 is 0 Å². The molecule has 4 saturated carbocycles. The van der Waals surface area contributed by atoms with Gasteiger partial charge in [-0.1, -0.05) is 27.2 Å². The highest BCUT2D eigenvalue weighted by Crippen LogP contribution is 2.66. The molecule has 0 spiro atoms. The van der Waals surface area contributed by atoms with Crippen LogP contribution in [0, 0.1) is 34.5 Å². The van der Waals surface area contributed by atoms with Crippen molar-refractivity contribution in [2.75, 3.05) is 0 Å². The highest BCUT2D eigenvalue weighted by molar-refractivity contribution is 5.85. The van der Waals surface area contributed by atoms with Crippen LogP contribution >= 0.6 is 0 Å². The van der Waals surface area contributed by atoms with Gasteiger partial charge in [0.25, 0.3) is 0 Å². The van der Waals surface area contributed by atoms with E-state index in [4.69, 9.17) is 0 Å². The van der Waals surface area contributed by atoms with Gasteiger partial charge in [-0.2, -0.15) is 0 Å². The molecular formula is C22H34O3. The molecule has 0 saturated heterocycles. The van der Waals surface area contributed by atoms with Gasteiger partial charge < -0.3 is 5.11 Å². The summed E-state index contributed by atoms with van der Waals surface area (Å²) in [6, 6.07) is 0. The third-order valence-corrected chi connectivity index (χ3v) is 9.31. The van der Waals surface area contributed by atoms with Crippen LogP contribution in [0.3, 0.4) is 0 Å². The second-order valence-corrected chi connectivity index (χ2v) is 10.1. The first-order valence-electron chi connectivity index (χ1n) is 10.5. The molecule has 0 unspecified atom stereocenters. The summed E-state index contributed by atoms with van der Waals surface area (Å²) in [5.74, 6) is 2.18. The Morgan fingerprint density at radius 3 is 2.60 bits per heavy atom. The summed E-state index contributed by atoms with van der Waals surface area (Å²) in [6.45, 7) is 6.58. The van der Waals surface area contributed by atoms with E-state index in [2.05, 4.69) is 20.8 Å². The lowest BCUT2D eigenvalue weighted by molar-refractivity contribution is -0.203. The van der Waals surface area contributed by atoms with Crippen molar-refractivity contribution in [2.24, 2.45) is 34.5 Å². The maximum atomic E-state index is 13.4. The Kier molecular flexibility index (Phi) is 4.00. The molecule has 0 aromatic heterocycles. The molecule has 0 amide bonds. The number of carbonyl (C=O) groups is 2. The minimum atomic E-state index is -0.684. The fourth-order valence-electron chi connectivity index (χ4n) is 7.75. The molecule has 3 nitrogen and oxygen atoms in total. The van der Waals surface area contributed by atoms with Crippen LogP contribution in [0.15, 0.2) is 0 Å². The molecule has 3 heteroatoms. The number of hydrogen-bond donors (Lipinski definition) is 1. The normalized spacial score (nSPS) is 53.0. The van der Waals surface area contributed by atoms with Crippen molar-refractivity contribution in [3.8, 4) is 0 Å². The summed E-state index contributed by atoms with van der Waals surface area (Å²) < 4.78 is 0. The topological polar surface area (TPSA) is 54.4 Å². The lowest BCUT2D eigenvalue weighted by Gasteiger charge is -2.64. The second-order valence-electron chi connectivity index (χ2n) is 10.1. The van der Waals surface area contributed by atoms with E-state index in [9.17, 15) is 14.7 Å². The van der Waals surface area contributed by atoms with Gasteiger partial charge in [-0.05, 0) is 61.7 Å². The van der Waals surface area contributed by atoms with Gasteiger partial charge in [0.2, 0.25) is 0 Å². The molecule has 140 valence electrons. The van der Waals surface area contributed by atoms with Gasteiger partial charge in [0.15, 0.2) is 0 Å². The number of Topliss-reactive ketones (excluding diaryl/α,β-unsaturated/α-hetero) is 2. The van der Waals surface area contributed by atoms with Crippen LogP contribution in [0.4, 0.5) is 0 Å². The first kappa shape index (κ1) is 17.7. The van der Waals surface area contributed by atoms with Crippen molar-refractivity contribution in [2.45, 2.75) is 90.6 Å². The highest BCUT2D eigenvalue weighted by Gasteiger charge is 2.65. The fourth-order valence-corrected chi connectivity index (χ4v) is 7.75. The summed E-state index contributed by atoms with van der Waals surface area (Å²) in [7, 11) is 0.